The lowest BCUT2D eigenvalue weighted by molar-refractivity contribution is 0.0752. The molecule has 0 heterocycles. The number of amides is 1. The fourth-order valence-electron chi connectivity index (χ4n) is 1.38. The van der Waals surface area contributed by atoms with Gasteiger partial charge in [-0.25, -0.2) is 5.84 Å². The molecule has 0 aliphatic rings. The first-order valence-electron chi connectivity index (χ1n) is 5.37. The van der Waals surface area contributed by atoms with Gasteiger partial charge in [-0.05, 0) is 18.6 Å². The van der Waals surface area contributed by atoms with Crippen LogP contribution < -0.4 is 5.84 Å². The molecule has 0 fully saturated rings. The largest absolute Gasteiger partial charge is 0.277 e. The van der Waals surface area contributed by atoms with Crippen molar-refractivity contribution in [2.45, 2.75) is 26.2 Å². The highest BCUT2D eigenvalue weighted by molar-refractivity contribution is 5.93. The summed E-state index contributed by atoms with van der Waals surface area (Å²) >= 11 is 0. The molecular weight excluding hydrogens is 188 g/mol. The lowest BCUT2D eigenvalue weighted by atomic mass is 10.2. The number of hydrogen-bond donors (Lipinski definition) is 1. The van der Waals surface area contributed by atoms with E-state index in [2.05, 4.69) is 6.92 Å². The van der Waals surface area contributed by atoms with Crippen molar-refractivity contribution < 1.29 is 4.79 Å². The number of nitrogens with zero attached hydrogens (tertiary/aromatic N) is 1. The molecule has 1 amide bonds. The number of hydrazine groups is 1. The Morgan fingerprint density at radius 1 is 1.27 bits per heavy atom. The van der Waals surface area contributed by atoms with Crippen LogP contribution in [-0.2, 0) is 0 Å². The monoisotopic (exact) mass is 206 g/mol. The van der Waals surface area contributed by atoms with E-state index in [0.717, 1.165) is 19.3 Å². The maximum atomic E-state index is 11.7. The molecule has 15 heavy (non-hydrogen) atoms. The maximum Gasteiger partial charge on any atom is 0.267 e. The van der Waals surface area contributed by atoms with Crippen molar-refractivity contribution in [1.29, 1.82) is 0 Å². The van der Waals surface area contributed by atoms with Gasteiger partial charge in [0.05, 0.1) is 0 Å². The van der Waals surface area contributed by atoms with Crippen LogP contribution in [0.3, 0.4) is 0 Å². The highest BCUT2D eigenvalue weighted by atomic mass is 16.2. The van der Waals surface area contributed by atoms with Crippen molar-refractivity contribution in [2.75, 3.05) is 6.54 Å². The summed E-state index contributed by atoms with van der Waals surface area (Å²) in [7, 11) is 0. The molecule has 0 atom stereocenters. The van der Waals surface area contributed by atoms with Crippen molar-refractivity contribution >= 4 is 5.91 Å². The number of carbonyl (C=O) groups is 1. The maximum absolute atomic E-state index is 11.7. The first-order chi connectivity index (χ1) is 7.25. The average Bonchev–Trinajstić information content (AvgIpc) is 2.29. The van der Waals surface area contributed by atoms with E-state index in [1.54, 1.807) is 12.1 Å². The average molecular weight is 206 g/mol. The number of rotatable bonds is 5. The third-order valence-electron chi connectivity index (χ3n) is 2.28. The van der Waals surface area contributed by atoms with E-state index >= 15 is 0 Å². The summed E-state index contributed by atoms with van der Waals surface area (Å²) in [4.78, 5) is 11.7. The van der Waals surface area contributed by atoms with Gasteiger partial charge in [0.1, 0.15) is 0 Å². The van der Waals surface area contributed by atoms with E-state index in [1.165, 1.54) is 5.01 Å². The van der Waals surface area contributed by atoms with E-state index in [9.17, 15) is 4.79 Å². The summed E-state index contributed by atoms with van der Waals surface area (Å²) in [6, 6.07) is 9.12. The van der Waals surface area contributed by atoms with E-state index in [1.807, 2.05) is 18.2 Å². The Labute approximate surface area is 90.9 Å². The van der Waals surface area contributed by atoms with Crippen molar-refractivity contribution in [3.05, 3.63) is 35.9 Å². The van der Waals surface area contributed by atoms with Crippen LogP contribution in [0.15, 0.2) is 30.3 Å². The lowest BCUT2D eigenvalue weighted by Crippen LogP contribution is -2.38. The molecule has 2 N–H and O–H groups in total. The predicted molar refractivity (Wildman–Crippen MR) is 61.2 cm³/mol. The molecule has 0 radical (unpaired) electrons. The highest BCUT2D eigenvalue weighted by Crippen LogP contribution is 2.03. The van der Waals surface area contributed by atoms with E-state index in [4.69, 9.17) is 5.84 Å². The van der Waals surface area contributed by atoms with Crippen LogP contribution in [0.4, 0.5) is 0 Å². The van der Waals surface area contributed by atoms with Gasteiger partial charge in [0.2, 0.25) is 0 Å². The smallest absolute Gasteiger partial charge is 0.267 e. The van der Waals surface area contributed by atoms with Gasteiger partial charge in [0.25, 0.3) is 5.91 Å². The number of hydrogen-bond acceptors (Lipinski definition) is 2. The molecule has 1 aromatic rings. The fourth-order valence-corrected chi connectivity index (χ4v) is 1.38. The van der Waals surface area contributed by atoms with Crippen LogP contribution in [0.1, 0.15) is 36.5 Å². The van der Waals surface area contributed by atoms with Crippen LogP contribution in [-0.4, -0.2) is 17.5 Å². The normalized spacial score (nSPS) is 10.0. The Morgan fingerprint density at radius 2 is 1.93 bits per heavy atom. The van der Waals surface area contributed by atoms with Crippen molar-refractivity contribution in [3.63, 3.8) is 0 Å². The summed E-state index contributed by atoms with van der Waals surface area (Å²) < 4.78 is 0. The Kier molecular flexibility index (Phi) is 4.84. The molecule has 0 saturated heterocycles. The molecule has 0 bridgehead atoms. The molecular formula is C12H18N2O. The minimum absolute atomic E-state index is 0.105. The highest BCUT2D eigenvalue weighted by Gasteiger charge is 2.10. The summed E-state index contributed by atoms with van der Waals surface area (Å²) in [5, 5.41) is 1.30. The first kappa shape index (κ1) is 11.7. The van der Waals surface area contributed by atoms with Gasteiger partial charge in [-0.1, -0.05) is 38.0 Å². The van der Waals surface area contributed by atoms with Gasteiger partial charge >= 0.3 is 0 Å². The molecule has 0 aliphatic carbocycles. The van der Waals surface area contributed by atoms with Gasteiger partial charge < -0.3 is 0 Å². The molecule has 0 aromatic heterocycles. The number of unbranched alkanes of at least 4 members (excludes halogenated alkanes) is 2. The minimum Gasteiger partial charge on any atom is -0.277 e. The van der Waals surface area contributed by atoms with Gasteiger partial charge in [-0.15, -0.1) is 0 Å². The molecule has 82 valence electrons. The lowest BCUT2D eigenvalue weighted by Gasteiger charge is -2.16. The standard InChI is InChI=1S/C12H18N2O/c1-2-3-7-10-14(13)12(15)11-8-5-4-6-9-11/h4-6,8-9H,2-3,7,10,13H2,1H3. The van der Waals surface area contributed by atoms with Gasteiger partial charge in [0, 0.05) is 12.1 Å². The number of carbonyl (C=O) groups excluding carboxylic acids is 1. The SMILES string of the molecule is CCCCCN(N)C(=O)c1ccccc1. The topological polar surface area (TPSA) is 46.3 Å². The van der Waals surface area contributed by atoms with Gasteiger partial charge in [0.15, 0.2) is 0 Å². The Morgan fingerprint density at radius 3 is 2.53 bits per heavy atom. The van der Waals surface area contributed by atoms with Crippen LogP contribution in [0.25, 0.3) is 0 Å². The zero-order valence-corrected chi connectivity index (χ0v) is 9.15. The van der Waals surface area contributed by atoms with E-state index in [0.29, 0.717) is 12.1 Å². The summed E-state index contributed by atoms with van der Waals surface area (Å²) in [5.41, 5.74) is 0.650. The summed E-state index contributed by atoms with van der Waals surface area (Å²) in [6.07, 6.45) is 3.20. The predicted octanol–water partition coefficient (Wildman–Crippen LogP) is 2.19. The zero-order chi connectivity index (χ0) is 11.1. The van der Waals surface area contributed by atoms with Crippen LogP contribution in [0, 0.1) is 0 Å². The second kappa shape index (κ2) is 6.19. The third kappa shape index (κ3) is 3.72. The van der Waals surface area contributed by atoms with Crippen LogP contribution in [0.5, 0.6) is 0 Å². The quantitative estimate of drug-likeness (QED) is 0.347. The van der Waals surface area contributed by atoms with Crippen molar-refractivity contribution in [1.82, 2.24) is 5.01 Å². The van der Waals surface area contributed by atoms with Crippen LogP contribution in [0.2, 0.25) is 0 Å². The van der Waals surface area contributed by atoms with Crippen molar-refractivity contribution in [3.8, 4) is 0 Å². The second-order valence-electron chi connectivity index (χ2n) is 3.57. The van der Waals surface area contributed by atoms with Crippen molar-refractivity contribution in [2.24, 2.45) is 5.84 Å². The molecule has 3 heteroatoms. The Bertz CT molecular complexity index is 298. The number of nitrogens with two attached hydrogens (primary N) is 1. The molecule has 0 spiro atoms. The van der Waals surface area contributed by atoms with E-state index in [-0.39, 0.29) is 5.91 Å². The molecule has 0 saturated carbocycles. The molecule has 3 nitrogen and oxygen atoms in total. The molecule has 0 aliphatic heterocycles. The third-order valence-corrected chi connectivity index (χ3v) is 2.28. The first-order valence-corrected chi connectivity index (χ1v) is 5.37. The van der Waals surface area contributed by atoms with E-state index < -0.39 is 0 Å². The zero-order valence-electron chi connectivity index (χ0n) is 9.15. The minimum atomic E-state index is -0.105. The van der Waals surface area contributed by atoms with Crippen LogP contribution >= 0.6 is 0 Å². The second-order valence-corrected chi connectivity index (χ2v) is 3.57. The molecule has 0 unspecified atom stereocenters. The molecule has 1 rings (SSSR count). The number of benzene rings is 1. The fraction of sp³-hybridized carbons (Fsp3) is 0.417. The summed E-state index contributed by atoms with van der Waals surface area (Å²) in [5.74, 6) is 5.57. The van der Waals surface area contributed by atoms with Gasteiger partial charge in [-0.3, -0.25) is 9.80 Å². The Hall–Kier alpha value is -1.35. The summed E-state index contributed by atoms with van der Waals surface area (Å²) in [6.45, 7) is 2.75. The van der Waals surface area contributed by atoms with Gasteiger partial charge in [-0.2, -0.15) is 0 Å². The molecule has 1 aromatic carbocycles. The Balaban J connectivity index is 2.46.